The van der Waals surface area contributed by atoms with Gasteiger partial charge in [-0.2, -0.15) is 0 Å². The van der Waals surface area contributed by atoms with Gasteiger partial charge in [0.2, 0.25) is 0 Å². The van der Waals surface area contributed by atoms with Gasteiger partial charge in [0.1, 0.15) is 6.10 Å². The fraction of sp³-hybridized carbons (Fsp3) is 0.667. The molecule has 7 heteroatoms. The molecule has 0 radical (unpaired) electrons. The third-order valence-electron chi connectivity index (χ3n) is 2.45. The zero-order valence-corrected chi connectivity index (χ0v) is 8.93. The Morgan fingerprint density at radius 3 is 3.06 bits per heavy atom. The Bertz CT molecular complexity index is 418. The predicted octanol–water partition coefficient (Wildman–Crippen LogP) is -0.500. The number of rotatable bonds is 3. The highest BCUT2D eigenvalue weighted by Gasteiger charge is 2.26. The van der Waals surface area contributed by atoms with Gasteiger partial charge < -0.3 is 9.64 Å². The molecule has 16 heavy (non-hydrogen) atoms. The summed E-state index contributed by atoms with van der Waals surface area (Å²) in [5.41, 5.74) is 0. The smallest absolute Gasteiger partial charge is 0.368 e. The number of hydrogen-bond donors (Lipinski definition) is 1. The van der Waals surface area contributed by atoms with E-state index in [9.17, 15) is 9.59 Å². The Kier molecular flexibility index (Phi) is 3.04. The van der Waals surface area contributed by atoms with Gasteiger partial charge in [-0.1, -0.05) is 5.16 Å². The van der Waals surface area contributed by atoms with Crippen molar-refractivity contribution in [2.45, 2.75) is 25.5 Å². The fourth-order valence-corrected chi connectivity index (χ4v) is 1.65. The molecule has 0 aromatic carbocycles. The van der Waals surface area contributed by atoms with Gasteiger partial charge in [-0.3, -0.25) is 14.3 Å². The topological polar surface area (TPSA) is 88.4 Å². The molecular formula is C9H13N3O4. The lowest BCUT2D eigenvalue weighted by Crippen LogP contribution is -2.35. The molecular weight excluding hydrogens is 214 g/mol. The zero-order chi connectivity index (χ0) is 11.5. The first-order chi connectivity index (χ1) is 7.66. The van der Waals surface area contributed by atoms with Crippen LogP contribution >= 0.6 is 0 Å². The first-order valence-corrected chi connectivity index (χ1v) is 5.08. The maximum Gasteiger partial charge on any atom is 0.438 e. The van der Waals surface area contributed by atoms with Gasteiger partial charge in [0.15, 0.2) is 5.82 Å². The van der Waals surface area contributed by atoms with Gasteiger partial charge in [0, 0.05) is 13.7 Å². The maximum absolute atomic E-state index is 11.8. The van der Waals surface area contributed by atoms with Crippen molar-refractivity contribution in [1.29, 1.82) is 0 Å². The number of ether oxygens (including phenoxy) is 1. The molecule has 1 amide bonds. The average Bonchev–Trinajstić information content (AvgIpc) is 2.88. The minimum absolute atomic E-state index is 0.0960. The molecule has 1 saturated heterocycles. The van der Waals surface area contributed by atoms with Crippen LogP contribution in [0.3, 0.4) is 0 Å². The average molecular weight is 227 g/mol. The maximum atomic E-state index is 11.8. The molecule has 0 aliphatic carbocycles. The molecule has 0 unspecified atom stereocenters. The molecule has 2 heterocycles. The minimum atomic E-state index is -0.618. The Morgan fingerprint density at radius 1 is 1.69 bits per heavy atom. The zero-order valence-electron chi connectivity index (χ0n) is 8.93. The summed E-state index contributed by atoms with van der Waals surface area (Å²) < 4.78 is 9.61. The summed E-state index contributed by atoms with van der Waals surface area (Å²) in [6.45, 7) is 0.843. The van der Waals surface area contributed by atoms with Crippen molar-refractivity contribution in [3.05, 3.63) is 16.4 Å². The van der Waals surface area contributed by atoms with Crippen LogP contribution in [0.2, 0.25) is 0 Å². The molecule has 1 aromatic rings. The van der Waals surface area contributed by atoms with Gasteiger partial charge in [-0.25, -0.2) is 4.79 Å². The summed E-state index contributed by atoms with van der Waals surface area (Å²) in [7, 11) is 1.64. The summed E-state index contributed by atoms with van der Waals surface area (Å²) >= 11 is 0. The molecule has 1 aliphatic rings. The summed E-state index contributed by atoms with van der Waals surface area (Å²) in [6, 6.07) is 0. The monoisotopic (exact) mass is 227 g/mol. The van der Waals surface area contributed by atoms with E-state index in [1.807, 2.05) is 0 Å². The number of carbonyl (C=O) groups is 1. The van der Waals surface area contributed by atoms with E-state index < -0.39 is 5.76 Å². The highest BCUT2D eigenvalue weighted by molar-refractivity contribution is 5.80. The van der Waals surface area contributed by atoms with Gasteiger partial charge in [0.25, 0.3) is 5.91 Å². The van der Waals surface area contributed by atoms with Crippen molar-refractivity contribution in [1.82, 2.24) is 15.0 Å². The van der Waals surface area contributed by atoms with Crippen LogP contribution in [0.1, 0.15) is 18.7 Å². The van der Waals surface area contributed by atoms with Gasteiger partial charge >= 0.3 is 5.76 Å². The number of carbonyl (C=O) groups excluding carboxylic acids is 1. The lowest BCUT2D eigenvalue weighted by atomic mass is 10.2. The molecule has 2 rings (SSSR count). The minimum Gasteiger partial charge on any atom is -0.368 e. The summed E-state index contributed by atoms with van der Waals surface area (Å²) in [6.07, 6.45) is 1.30. The van der Waals surface area contributed by atoms with Crippen LogP contribution in [0.15, 0.2) is 9.32 Å². The van der Waals surface area contributed by atoms with Crippen molar-refractivity contribution < 1.29 is 14.1 Å². The highest BCUT2D eigenvalue weighted by Crippen LogP contribution is 2.14. The van der Waals surface area contributed by atoms with E-state index in [2.05, 4.69) is 14.7 Å². The molecule has 0 saturated carbocycles. The fourth-order valence-electron chi connectivity index (χ4n) is 1.65. The molecule has 1 atom stereocenters. The standard InChI is InChI=1S/C9H13N3O4/c1-12(5-7-10-9(14)16-11-7)8(13)6-3-2-4-15-6/h6H,2-5H2,1H3,(H,10,11,14)/t6-/m0/s1. The number of nitrogens with zero attached hydrogens (tertiary/aromatic N) is 2. The van der Waals surface area contributed by atoms with E-state index in [4.69, 9.17) is 4.74 Å². The van der Waals surface area contributed by atoms with Crippen molar-refractivity contribution in [2.24, 2.45) is 0 Å². The second kappa shape index (κ2) is 4.48. The quantitative estimate of drug-likeness (QED) is 0.752. The second-order valence-corrected chi connectivity index (χ2v) is 3.74. The molecule has 1 N–H and O–H groups in total. The van der Waals surface area contributed by atoms with Crippen molar-refractivity contribution in [2.75, 3.05) is 13.7 Å². The van der Waals surface area contributed by atoms with Crippen LogP contribution in [-0.4, -0.2) is 40.7 Å². The van der Waals surface area contributed by atoms with Crippen LogP contribution in [0.5, 0.6) is 0 Å². The van der Waals surface area contributed by atoms with Crippen LogP contribution in [0.25, 0.3) is 0 Å². The number of aromatic nitrogens is 2. The van der Waals surface area contributed by atoms with E-state index in [0.29, 0.717) is 12.4 Å². The summed E-state index contributed by atoms with van der Waals surface area (Å²) in [4.78, 5) is 26.3. The van der Waals surface area contributed by atoms with E-state index in [0.717, 1.165) is 12.8 Å². The Hall–Kier alpha value is -1.63. The molecule has 7 nitrogen and oxygen atoms in total. The number of nitrogens with one attached hydrogen (secondary N) is 1. The molecule has 1 aliphatic heterocycles. The van der Waals surface area contributed by atoms with Crippen LogP contribution in [0.4, 0.5) is 0 Å². The SMILES string of the molecule is CN(Cc1noc(=O)[nH]1)C(=O)[C@@H]1CCCO1. The largest absolute Gasteiger partial charge is 0.438 e. The molecule has 1 aromatic heterocycles. The molecule has 0 bridgehead atoms. The Labute approximate surface area is 91.4 Å². The first-order valence-electron chi connectivity index (χ1n) is 5.08. The number of amides is 1. The number of aromatic amines is 1. The van der Waals surface area contributed by atoms with E-state index in [1.54, 1.807) is 7.05 Å². The van der Waals surface area contributed by atoms with E-state index in [1.165, 1.54) is 4.90 Å². The highest BCUT2D eigenvalue weighted by atomic mass is 16.5. The normalized spacial score (nSPS) is 19.9. The van der Waals surface area contributed by atoms with E-state index in [-0.39, 0.29) is 18.6 Å². The lowest BCUT2D eigenvalue weighted by Gasteiger charge is -2.18. The third kappa shape index (κ3) is 2.30. The number of likely N-dealkylation sites (N-methyl/N-ethyl adjacent to an activating group) is 1. The lowest BCUT2D eigenvalue weighted by molar-refractivity contribution is -0.140. The van der Waals surface area contributed by atoms with Gasteiger partial charge in [-0.15, -0.1) is 0 Å². The summed E-state index contributed by atoms with van der Waals surface area (Å²) in [5.74, 6) is -0.381. The van der Waals surface area contributed by atoms with Crippen molar-refractivity contribution in [3.63, 3.8) is 0 Å². The van der Waals surface area contributed by atoms with Gasteiger partial charge in [0.05, 0.1) is 6.54 Å². The van der Waals surface area contributed by atoms with Crippen molar-refractivity contribution in [3.8, 4) is 0 Å². The van der Waals surface area contributed by atoms with Crippen molar-refractivity contribution >= 4 is 5.91 Å². The molecule has 0 spiro atoms. The molecule has 1 fully saturated rings. The number of hydrogen-bond acceptors (Lipinski definition) is 5. The van der Waals surface area contributed by atoms with E-state index >= 15 is 0 Å². The van der Waals surface area contributed by atoms with Crippen LogP contribution in [0, 0.1) is 0 Å². The number of H-pyrrole nitrogens is 1. The third-order valence-corrected chi connectivity index (χ3v) is 2.45. The molecule has 88 valence electrons. The van der Waals surface area contributed by atoms with Crippen LogP contribution < -0.4 is 5.76 Å². The predicted molar refractivity (Wildman–Crippen MR) is 52.6 cm³/mol. The summed E-state index contributed by atoms with van der Waals surface area (Å²) in [5, 5.41) is 3.49. The Morgan fingerprint density at radius 2 is 2.50 bits per heavy atom. The first kappa shape index (κ1) is 10.9. The van der Waals surface area contributed by atoms with Crippen LogP contribution in [-0.2, 0) is 16.1 Å². The Balaban J connectivity index is 1.94. The van der Waals surface area contributed by atoms with Gasteiger partial charge in [-0.05, 0) is 12.8 Å². The second-order valence-electron chi connectivity index (χ2n) is 3.74.